The Labute approximate surface area is 219 Å². The van der Waals surface area contributed by atoms with E-state index in [1.54, 1.807) is 13.0 Å². The van der Waals surface area contributed by atoms with Crippen LogP contribution < -0.4 is 5.32 Å². The summed E-state index contributed by atoms with van der Waals surface area (Å²) in [4.78, 5) is 23.7. The number of carbonyl (C=O) groups is 2. The Morgan fingerprint density at radius 2 is 1.78 bits per heavy atom. The molecule has 1 aliphatic rings. The predicted molar refractivity (Wildman–Crippen MR) is 155 cm³/mol. The molecule has 1 aliphatic carbocycles. The van der Waals surface area contributed by atoms with Crippen LogP contribution in [0.25, 0.3) is 6.08 Å². The highest BCUT2D eigenvalue weighted by molar-refractivity contribution is 5.96. The molecule has 1 saturated carbocycles. The van der Waals surface area contributed by atoms with Crippen LogP contribution in [0.2, 0.25) is 0 Å². The molecule has 3 heteroatoms. The minimum Gasteiger partial charge on any atom is -0.326 e. The van der Waals surface area contributed by atoms with E-state index in [1.807, 2.05) is 37.3 Å². The highest BCUT2D eigenvalue weighted by atomic mass is 16.2. The van der Waals surface area contributed by atoms with Gasteiger partial charge in [-0.25, -0.2) is 0 Å². The third-order valence-electron chi connectivity index (χ3n) is 7.33. The van der Waals surface area contributed by atoms with Crippen molar-refractivity contribution < 1.29 is 9.59 Å². The second-order valence-electron chi connectivity index (χ2n) is 10.2. The number of hydrogen-bond donors (Lipinski definition) is 1. The molecule has 0 atom stereocenters. The molecule has 0 spiro atoms. The zero-order chi connectivity index (χ0) is 26.7. The van der Waals surface area contributed by atoms with E-state index in [2.05, 4.69) is 57.8 Å². The van der Waals surface area contributed by atoms with Crippen LogP contribution >= 0.6 is 0 Å². The Hall–Kier alpha value is -2.94. The summed E-state index contributed by atoms with van der Waals surface area (Å²) in [6.07, 6.45) is 12.4. The summed E-state index contributed by atoms with van der Waals surface area (Å²) < 4.78 is 0. The molecule has 0 saturated heterocycles. The maximum absolute atomic E-state index is 12.6. The summed E-state index contributed by atoms with van der Waals surface area (Å²) in [6.45, 7) is 16.1. The van der Waals surface area contributed by atoms with Gasteiger partial charge in [-0.1, -0.05) is 83.2 Å². The fourth-order valence-corrected chi connectivity index (χ4v) is 5.07. The van der Waals surface area contributed by atoms with Crippen molar-refractivity contribution in [3.05, 3.63) is 82.9 Å². The van der Waals surface area contributed by atoms with Gasteiger partial charge in [-0.3, -0.25) is 9.59 Å². The van der Waals surface area contributed by atoms with E-state index in [-0.39, 0.29) is 17.6 Å². The van der Waals surface area contributed by atoms with E-state index in [9.17, 15) is 9.59 Å². The first-order valence-corrected chi connectivity index (χ1v) is 13.5. The zero-order valence-electron chi connectivity index (χ0n) is 23.2. The highest BCUT2D eigenvalue weighted by Crippen LogP contribution is 2.32. The topological polar surface area (TPSA) is 46.2 Å². The maximum atomic E-state index is 12.6. The Morgan fingerprint density at radius 1 is 1.08 bits per heavy atom. The van der Waals surface area contributed by atoms with Crippen LogP contribution in [0.1, 0.15) is 105 Å². The minimum absolute atomic E-state index is 0.163. The van der Waals surface area contributed by atoms with Gasteiger partial charge in [-0.05, 0) is 92.2 Å². The van der Waals surface area contributed by atoms with E-state index in [1.165, 1.54) is 36.0 Å². The van der Waals surface area contributed by atoms with Crippen molar-refractivity contribution in [2.24, 2.45) is 11.8 Å². The molecular formula is C33H45NO2. The van der Waals surface area contributed by atoms with Gasteiger partial charge >= 0.3 is 0 Å². The van der Waals surface area contributed by atoms with Gasteiger partial charge in [0.1, 0.15) is 0 Å². The van der Waals surface area contributed by atoms with Crippen molar-refractivity contribution in [3.8, 4) is 0 Å². The number of ketones is 1. The number of allylic oxidation sites excluding steroid dienone is 2. The summed E-state index contributed by atoms with van der Waals surface area (Å²) in [5, 5.41) is 3.13. The second-order valence-corrected chi connectivity index (χ2v) is 10.2. The second kappa shape index (κ2) is 14.6. The molecule has 0 bridgehead atoms. The first-order valence-electron chi connectivity index (χ1n) is 13.5. The van der Waals surface area contributed by atoms with Crippen LogP contribution in [-0.2, 0) is 11.2 Å². The quantitative estimate of drug-likeness (QED) is 0.298. The summed E-state index contributed by atoms with van der Waals surface area (Å²) >= 11 is 0. The van der Waals surface area contributed by atoms with Crippen molar-refractivity contribution in [1.29, 1.82) is 0 Å². The van der Waals surface area contributed by atoms with Crippen LogP contribution in [0.4, 0.5) is 5.69 Å². The SMILES string of the molecule is C=C/C=C\c1cc(NC(=O)C2CCC(CC)CC2)ccc1C(C)C.CCc1c(C)cccc1C(C)=O. The average molecular weight is 488 g/mol. The fourth-order valence-electron chi connectivity index (χ4n) is 5.07. The Kier molecular flexibility index (Phi) is 11.9. The van der Waals surface area contributed by atoms with Gasteiger partial charge in [0.05, 0.1) is 0 Å². The lowest BCUT2D eigenvalue weighted by Crippen LogP contribution is -2.27. The molecule has 2 aromatic carbocycles. The van der Waals surface area contributed by atoms with Crippen LogP contribution in [0.5, 0.6) is 0 Å². The van der Waals surface area contributed by atoms with E-state index in [0.717, 1.165) is 42.0 Å². The Balaban J connectivity index is 0.000000319. The molecule has 0 radical (unpaired) electrons. The van der Waals surface area contributed by atoms with Gasteiger partial charge in [0.25, 0.3) is 0 Å². The number of amides is 1. The van der Waals surface area contributed by atoms with E-state index in [0.29, 0.717) is 5.92 Å². The van der Waals surface area contributed by atoms with Crippen molar-refractivity contribution >= 4 is 23.5 Å². The number of carbonyl (C=O) groups excluding carboxylic acids is 2. The molecule has 0 heterocycles. The van der Waals surface area contributed by atoms with Gasteiger partial charge in [0.2, 0.25) is 5.91 Å². The van der Waals surface area contributed by atoms with Crippen LogP contribution in [0, 0.1) is 18.8 Å². The number of aryl methyl sites for hydroxylation is 1. The molecule has 1 fully saturated rings. The molecule has 0 aliphatic heterocycles. The molecule has 2 aromatic rings. The smallest absolute Gasteiger partial charge is 0.227 e. The standard InChI is InChI=1S/C22H31NO.C11H14O/c1-5-7-8-19-15-20(13-14-21(19)16(3)4)23-22(24)18-11-9-17(6-2)10-12-18;1-4-10-8(2)6-5-7-11(10)9(3)12/h5,7-8,13-18H,1,6,9-12H2,2-4H3,(H,23,24);5-7H,4H2,1-3H3/b8-7-;. The summed E-state index contributed by atoms with van der Waals surface area (Å²) in [5.74, 6) is 1.78. The lowest BCUT2D eigenvalue weighted by molar-refractivity contribution is -0.121. The predicted octanol–water partition coefficient (Wildman–Crippen LogP) is 8.92. The van der Waals surface area contributed by atoms with Gasteiger partial charge in [-0.2, -0.15) is 0 Å². The molecule has 36 heavy (non-hydrogen) atoms. The summed E-state index contributed by atoms with van der Waals surface area (Å²) in [5.41, 5.74) is 6.60. The summed E-state index contributed by atoms with van der Waals surface area (Å²) in [6, 6.07) is 12.1. The van der Waals surface area contributed by atoms with Crippen molar-refractivity contribution in [2.45, 2.75) is 86.0 Å². The molecule has 0 aromatic heterocycles. The molecule has 3 nitrogen and oxygen atoms in total. The molecule has 0 unspecified atom stereocenters. The zero-order valence-corrected chi connectivity index (χ0v) is 23.2. The largest absolute Gasteiger partial charge is 0.326 e. The normalized spacial score (nSPS) is 17.4. The highest BCUT2D eigenvalue weighted by Gasteiger charge is 2.25. The van der Waals surface area contributed by atoms with E-state index >= 15 is 0 Å². The molecule has 1 N–H and O–H groups in total. The van der Waals surface area contributed by atoms with Crippen molar-refractivity contribution in [1.82, 2.24) is 0 Å². The number of Topliss-reactive ketones (excluding diaryl/α,β-unsaturated/α-hetero) is 1. The number of anilines is 1. The Morgan fingerprint density at radius 3 is 2.31 bits per heavy atom. The average Bonchev–Trinajstić information content (AvgIpc) is 2.87. The van der Waals surface area contributed by atoms with Crippen molar-refractivity contribution in [3.63, 3.8) is 0 Å². The van der Waals surface area contributed by atoms with Gasteiger partial charge in [-0.15, -0.1) is 0 Å². The third kappa shape index (κ3) is 8.33. The van der Waals surface area contributed by atoms with E-state index < -0.39 is 0 Å². The molecule has 3 rings (SSSR count). The number of benzene rings is 2. The number of hydrogen-bond acceptors (Lipinski definition) is 2. The molecule has 194 valence electrons. The first-order chi connectivity index (χ1) is 17.2. The monoisotopic (exact) mass is 487 g/mol. The van der Waals surface area contributed by atoms with Crippen LogP contribution in [0.15, 0.2) is 55.1 Å². The third-order valence-corrected chi connectivity index (χ3v) is 7.33. The first kappa shape index (κ1) is 29.3. The Bertz CT molecular complexity index is 1060. The lowest BCUT2D eigenvalue weighted by atomic mass is 9.80. The van der Waals surface area contributed by atoms with Gasteiger partial charge in [0, 0.05) is 17.2 Å². The number of nitrogens with one attached hydrogen (secondary N) is 1. The number of rotatable bonds is 8. The molecular weight excluding hydrogens is 442 g/mol. The minimum atomic E-state index is 0.163. The molecule has 1 amide bonds. The van der Waals surface area contributed by atoms with Gasteiger partial charge < -0.3 is 5.32 Å². The van der Waals surface area contributed by atoms with E-state index in [4.69, 9.17) is 0 Å². The van der Waals surface area contributed by atoms with Crippen LogP contribution in [-0.4, -0.2) is 11.7 Å². The van der Waals surface area contributed by atoms with Gasteiger partial charge in [0.15, 0.2) is 5.78 Å². The maximum Gasteiger partial charge on any atom is 0.227 e. The van der Waals surface area contributed by atoms with Crippen molar-refractivity contribution in [2.75, 3.05) is 5.32 Å². The fraction of sp³-hybridized carbons (Fsp3) is 0.455. The summed E-state index contributed by atoms with van der Waals surface area (Å²) in [7, 11) is 0. The van der Waals surface area contributed by atoms with Crippen LogP contribution in [0.3, 0.4) is 0 Å². The lowest BCUT2D eigenvalue weighted by Gasteiger charge is -2.27.